The molecule has 1 amide bonds. The lowest BCUT2D eigenvalue weighted by Gasteiger charge is -2.13. The average Bonchev–Trinajstić information content (AvgIpc) is 3.37. The number of rotatable bonds is 4. The second-order valence-corrected chi connectivity index (χ2v) is 8.74. The van der Waals surface area contributed by atoms with Gasteiger partial charge in [-0.05, 0) is 71.9 Å². The van der Waals surface area contributed by atoms with Gasteiger partial charge in [-0.1, -0.05) is 0 Å². The maximum absolute atomic E-state index is 11.9. The third-order valence-corrected chi connectivity index (χ3v) is 6.39. The van der Waals surface area contributed by atoms with E-state index >= 15 is 0 Å². The van der Waals surface area contributed by atoms with Crippen molar-refractivity contribution in [3.8, 4) is 5.69 Å². The molecule has 2 atom stereocenters. The van der Waals surface area contributed by atoms with E-state index in [0.29, 0.717) is 16.2 Å². The molecule has 1 fully saturated rings. The van der Waals surface area contributed by atoms with Crippen molar-refractivity contribution in [2.45, 2.75) is 32.2 Å². The minimum atomic E-state index is 0.0422. The zero-order chi connectivity index (χ0) is 21.5. The number of benzene rings is 1. The Bertz CT molecular complexity index is 1300. The molecule has 31 heavy (non-hydrogen) atoms. The van der Waals surface area contributed by atoms with Crippen LogP contribution < -0.4 is 10.6 Å². The molecule has 0 radical (unpaired) electrons. The van der Waals surface area contributed by atoms with Gasteiger partial charge in [0.15, 0.2) is 5.65 Å². The smallest absolute Gasteiger partial charge is 0.224 e. The molecule has 0 aliphatic heterocycles. The van der Waals surface area contributed by atoms with Crippen LogP contribution in [-0.4, -0.2) is 43.7 Å². The monoisotopic (exact) mass is 479 g/mol. The molecule has 3 heterocycles. The second-order valence-electron chi connectivity index (χ2n) is 7.99. The van der Waals surface area contributed by atoms with Crippen LogP contribution >= 0.6 is 15.9 Å². The predicted molar refractivity (Wildman–Crippen MR) is 123 cm³/mol. The van der Waals surface area contributed by atoms with Crippen LogP contribution in [0.2, 0.25) is 0 Å². The third-order valence-electron chi connectivity index (χ3n) is 5.81. The van der Waals surface area contributed by atoms with Crippen molar-refractivity contribution in [2.24, 2.45) is 5.92 Å². The van der Waals surface area contributed by atoms with Gasteiger partial charge in [-0.3, -0.25) is 9.78 Å². The molecular formula is C22H22BrN7O. The zero-order valence-electron chi connectivity index (χ0n) is 17.3. The van der Waals surface area contributed by atoms with Crippen molar-refractivity contribution in [1.82, 2.24) is 30.0 Å². The summed E-state index contributed by atoms with van der Waals surface area (Å²) in [6, 6.07) is 8.33. The number of carbonyl (C=O) groups excluding carboxylic acids is 1. The fraction of sp³-hybridized carbons (Fsp3) is 0.318. The number of anilines is 1. The lowest BCUT2D eigenvalue weighted by atomic mass is 10.1. The van der Waals surface area contributed by atoms with Crippen molar-refractivity contribution in [1.29, 1.82) is 0 Å². The number of hydrogen-bond donors (Lipinski definition) is 2. The van der Waals surface area contributed by atoms with Gasteiger partial charge in [0.2, 0.25) is 11.9 Å². The number of aromatic nitrogens is 5. The number of nitrogens with zero attached hydrogens (tertiary/aromatic N) is 5. The normalized spacial score (nSPS) is 18.5. The van der Waals surface area contributed by atoms with E-state index in [1.807, 2.05) is 29.9 Å². The highest BCUT2D eigenvalue weighted by molar-refractivity contribution is 9.10. The van der Waals surface area contributed by atoms with Crippen molar-refractivity contribution in [3.05, 3.63) is 46.8 Å². The maximum Gasteiger partial charge on any atom is 0.224 e. The van der Waals surface area contributed by atoms with Crippen LogP contribution in [0.25, 0.3) is 27.6 Å². The largest absolute Gasteiger partial charge is 0.359 e. The van der Waals surface area contributed by atoms with Gasteiger partial charge in [-0.25, -0.2) is 9.67 Å². The number of carbonyl (C=O) groups is 1. The molecule has 0 bridgehead atoms. The number of fused-ring (bicyclic) bond motifs is 2. The summed E-state index contributed by atoms with van der Waals surface area (Å²) in [6.07, 6.45) is 6.20. The van der Waals surface area contributed by atoms with E-state index in [2.05, 4.69) is 53.8 Å². The number of aryl methyl sites for hydroxylation is 1. The van der Waals surface area contributed by atoms with Gasteiger partial charge in [-0.15, -0.1) is 0 Å². The van der Waals surface area contributed by atoms with E-state index in [0.717, 1.165) is 46.8 Å². The highest BCUT2D eigenvalue weighted by Crippen LogP contribution is 2.29. The Morgan fingerprint density at radius 3 is 2.90 bits per heavy atom. The minimum Gasteiger partial charge on any atom is -0.359 e. The standard InChI is InChI=1S/C22H22BrN7O/c1-12-7-14-9-16(5-6-18(14)25-10-12)30-20-17(19(23)29-30)11-26-22(28-20)27-15-4-3-13(8-15)21(31)24-2/h5-7,9-11,13,15H,3-4,8H2,1-2H3,(H,24,31)(H,26,27,28)/t13-,15-/m1/s1. The van der Waals surface area contributed by atoms with E-state index in [-0.39, 0.29) is 17.9 Å². The number of hydrogen-bond acceptors (Lipinski definition) is 6. The first-order valence-electron chi connectivity index (χ1n) is 10.3. The lowest BCUT2D eigenvalue weighted by molar-refractivity contribution is -0.124. The van der Waals surface area contributed by atoms with Crippen LogP contribution in [-0.2, 0) is 4.79 Å². The summed E-state index contributed by atoms with van der Waals surface area (Å²) in [5, 5.41) is 12.7. The highest BCUT2D eigenvalue weighted by atomic mass is 79.9. The van der Waals surface area contributed by atoms with Crippen LogP contribution in [0.3, 0.4) is 0 Å². The molecule has 1 aliphatic rings. The summed E-state index contributed by atoms with van der Waals surface area (Å²) in [7, 11) is 1.68. The van der Waals surface area contributed by atoms with E-state index in [4.69, 9.17) is 4.98 Å². The van der Waals surface area contributed by atoms with Gasteiger partial charge in [0.25, 0.3) is 0 Å². The van der Waals surface area contributed by atoms with Crippen LogP contribution in [0.5, 0.6) is 0 Å². The quantitative estimate of drug-likeness (QED) is 0.462. The van der Waals surface area contributed by atoms with Crippen molar-refractivity contribution in [3.63, 3.8) is 0 Å². The molecule has 8 nitrogen and oxygen atoms in total. The molecule has 2 N–H and O–H groups in total. The molecule has 0 saturated heterocycles. The van der Waals surface area contributed by atoms with Gasteiger partial charge >= 0.3 is 0 Å². The molecular weight excluding hydrogens is 458 g/mol. The summed E-state index contributed by atoms with van der Waals surface area (Å²) in [4.78, 5) is 25.6. The Morgan fingerprint density at radius 2 is 2.06 bits per heavy atom. The molecule has 5 rings (SSSR count). The SMILES string of the molecule is CNC(=O)[C@@H]1CC[C@@H](Nc2ncc3c(Br)nn(-c4ccc5ncc(C)cc5c4)c3n2)C1. The van der Waals surface area contributed by atoms with Crippen LogP contribution in [0.15, 0.2) is 41.3 Å². The molecule has 0 spiro atoms. The lowest BCUT2D eigenvalue weighted by Crippen LogP contribution is -2.27. The van der Waals surface area contributed by atoms with Crippen LogP contribution in [0.4, 0.5) is 5.95 Å². The molecule has 158 valence electrons. The van der Waals surface area contributed by atoms with E-state index in [1.54, 1.807) is 13.2 Å². The molecule has 1 saturated carbocycles. The molecule has 3 aromatic heterocycles. The molecule has 0 unspecified atom stereocenters. The fourth-order valence-corrected chi connectivity index (χ4v) is 4.65. The van der Waals surface area contributed by atoms with E-state index in [9.17, 15) is 4.79 Å². The number of pyridine rings is 1. The zero-order valence-corrected chi connectivity index (χ0v) is 18.8. The Balaban J connectivity index is 1.48. The number of nitrogens with one attached hydrogen (secondary N) is 2. The van der Waals surface area contributed by atoms with Crippen LogP contribution in [0.1, 0.15) is 24.8 Å². The first kappa shape index (κ1) is 19.9. The number of halogens is 1. The molecule has 1 aromatic carbocycles. The Kier molecular flexibility index (Phi) is 5.05. The predicted octanol–water partition coefficient (Wildman–Crippen LogP) is 3.76. The Labute approximate surface area is 187 Å². The van der Waals surface area contributed by atoms with E-state index < -0.39 is 0 Å². The van der Waals surface area contributed by atoms with E-state index in [1.165, 1.54) is 0 Å². The number of amides is 1. The van der Waals surface area contributed by atoms with Crippen LogP contribution in [0, 0.1) is 12.8 Å². The maximum atomic E-state index is 11.9. The van der Waals surface area contributed by atoms with Gasteiger partial charge in [0.1, 0.15) is 4.60 Å². The van der Waals surface area contributed by atoms with Gasteiger partial charge in [0.05, 0.1) is 16.6 Å². The van der Waals surface area contributed by atoms with Gasteiger partial charge in [-0.2, -0.15) is 10.1 Å². The third kappa shape index (κ3) is 3.74. The summed E-state index contributed by atoms with van der Waals surface area (Å²) < 4.78 is 2.51. The van der Waals surface area contributed by atoms with Crippen molar-refractivity contribution >= 4 is 49.7 Å². The molecule has 1 aliphatic carbocycles. The Morgan fingerprint density at radius 1 is 1.19 bits per heavy atom. The minimum absolute atomic E-state index is 0.0422. The molecule has 9 heteroatoms. The van der Waals surface area contributed by atoms with Crippen molar-refractivity contribution < 1.29 is 4.79 Å². The summed E-state index contributed by atoms with van der Waals surface area (Å²) >= 11 is 3.53. The van der Waals surface area contributed by atoms with Gasteiger partial charge in [0, 0.05) is 36.8 Å². The van der Waals surface area contributed by atoms with Gasteiger partial charge < -0.3 is 10.6 Å². The van der Waals surface area contributed by atoms with Crippen molar-refractivity contribution in [2.75, 3.05) is 12.4 Å². The first-order valence-corrected chi connectivity index (χ1v) is 11.1. The summed E-state index contributed by atoms with van der Waals surface area (Å²) in [6.45, 7) is 2.03. The Hall–Kier alpha value is -3.07. The summed E-state index contributed by atoms with van der Waals surface area (Å²) in [5.41, 5.74) is 3.66. The second kappa shape index (κ2) is 7.88. The topological polar surface area (TPSA) is 97.6 Å². The first-order chi connectivity index (χ1) is 15.0. The summed E-state index contributed by atoms with van der Waals surface area (Å²) in [5.74, 6) is 0.686. The highest BCUT2D eigenvalue weighted by Gasteiger charge is 2.29. The average molecular weight is 480 g/mol. The fourth-order valence-electron chi connectivity index (χ4n) is 4.22. The molecule has 4 aromatic rings.